The van der Waals surface area contributed by atoms with Crippen molar-refractivity contribution in [2.75, 3.05) is 0 Å². The number of fused-ring (bicyclic) bond motifs is 1. The number of nitrogens with zero attached hydrogens (tertiary/aromatic N) is 3. The van der Waals surface area contributed by atoms with Crippen molar-refractivity contribution < 1.29 is 0 Å². The van der Waals surface area contributed by atoms with E-state index >= 15 is 0 Å². The highest BCUT2D eigenvalue weighted by Crippen LogP contribution is 2.13. The smallest absolute Gasteiger partial charge is 0.198 e. The summed E-state index contributed by atoms with van der Waals surface area (Å²) in [4.78, 5) is 7.47. The lowest BCUT2D eigenvalue weighted by molar-refractivity contribution is 1.02. The van der Waals surface area contributed by atoms with E-state index in [0.29, 0.717) is 5.82 Å². The number of hydrogen-bond donors (Lipinski definition) is 1. The van der Waals surface area contributed by atoms with E-state index in [4.69, 9.17) is 0 Å². The molecule has 0 aliphatic carbocycles. The van der Waals surface area contributed by atoms with E-state index in [0.717, 1.165) is 16.7 Å². The first kappa shape index (κ1) is 8.11. The Hall–Kier alpha value is -2.23. The summed E-state index contributed by atoms with van der Waals surface area (Å²) in [5, 5.41) is 8.16. The Labute approximate surface area is 86.0 Å². The van der Waals surface area contributed by atoms with Crippen LogP contribution < -0.4 is 0 Å². The monoisotopic (exact) mass is 196 g/mol. The van der Waals surface area contributed by atoms with Crippen molar-refractivity contribution in [2.45, 2.75) is 0 Å². The second kappa shape index (κ2) is 3.16. The number of para-hydroxylation sites is 1. The van der Waals surface area contributed by atoms with Crippen LogP contribution in [0.2, 0.25) is 0 Å². The fourth-order valence-electron chi connectivity index (χ4n) is 1.46. The van der Waals surface area contributed by atoms with Crippen molar-refractivity contribution in [2.24, 2.45) is 0 Å². The fraction of sp³-hybridized carbons (Fsp3) is 0. The van der Waals surface area contributed by atoms with Crippen LogP contribution in [-0.2, 0) is 0 Å². The highest BCUT2D eigenvalue weighted by molar-refractivity contribution is 5.74. The molecule has 0 saturated carbocycles. The van der Waals surface area contributed by atoms with Gasteiger partial charge in [0.15, 0.2) is 5.82 Å². The summed E-state index contributed by atoms with van der Waals surface area (Å²) in [6, 6.07) is 11.5. The zero-order valence-electron chi connectivity index (χ0n) is 7.88. The summed E-state index contributed by atoms with van der Waals surface area (Å²) < 4.78 is 0. The van der Waals surface area contributed by atoms with Crippen molar-refractivity contribution in [3.63, 3.8) is 0 Å². The third kappa shape index (κ3) is 1.36. The van der Waals surface area contributed by atoms with E-state index in [9.17, 15) is 0 Å². The minimum atomic E-state index is 0.624. The second-order valence-corrected chi connectivity index (χ2v) is 3.21. The third-order valence-corrected chi connectivity index (χ3v) is 2.20. The number of rotatable bonds is 1. The van der Waals surface area contributed by atoms with Crippen LogP contribution in [-0.4, -0.2) is 20.2 Å². The molecule has 1 aromatic carbocycles. The zero-order valence-corrected chi connectivity index (χ0v) is 7.88. The second-order valence-electron chi connectivity index (χ2n) is 3.21. The molecule has 1 N–H and O–H groups in total. The molecule has 0 aliphatic heterocycles. The van der Waals surface area contributed by atoms with Crippen molar-refractivity contribution in [1.29, 1.82) is 0 Å². The fourth-order valence-corrected chi connectivity index (χ4v) is 1.46. The van der Waals surface area contributed by atoms with E-state index in [-0.39, 0.29) is 0 Å². The van der Waals surface area contributed by atoms with Gasteiger partial charge in [-0.2, -0.15) is 0 Å². The van der Waals surface area contributed by atoms with Gasteiger partial charge in [-0.25, -0.2) is 4.98 Å². The highest BCUT2D eigenvalue weighted by Gasteiger charge is 2.03. The number of hydrogen-bond acceptors (Lipinski definition) is 3. The van der Waals surface area contributed by atoms with Crippen molar-refractivity contribution >= 4 is 11.0 Å². The van der Waals surface area contributed by atoms with Crippen molar-refractivity contribution in [1.82, 2.24) is 20.2 Å². The van der Waals surface area contributed by atoms with Crippen LogP contribution >= 0.6 is 0 Å². The SMILES string of the molecule is c1c[nH]c(-c2nnc3ccccc3n2)c1. The van der Waals surface area contributed by atoms with Gasteiger partial charge in [0.25, 0.3) is 0 Å². The molecule has 4 nitrogen and oxygen atoms in total. The first-order chi connectivity index (χ1) is 7.43. The number of H-pyrrole nitrogens is 1. The Kier molecular flexibility index (Phi) is 1.71. The largest absolute Gasteiger partial charge is 0.359 e. The minimum absolute atomic E-state index is 0.624. The van der Waals surface area contributed by atoms with Crippen LogP contribution in [0.4, 0.5) is 0 Å². The van der Waals surface area contributed by atoms with Crippen molar-refractivity contribution in [3.05, 3.63) is 42.6 Å². The van der Waals surface area contributed by atoms with Crippen LogP contribution in [0.3, 0.4) is 0 Å². The van der Waals surface area contributed by atoms with Gasteiger partial charge in [0.05, 0.1) is 11.2 Å². The van der Waals surface area contributed by atoms with E-state index in [1.54, 1.807) is 0 Å². The molecule has 2 heterocycles. The van der Waals surface area contributed by atoms with Crippen LogP contribution in [0.15, 0.2) is 42.6 Å². The van der Waals surface area contributed by atoms with Crippen LogP contribution in [0.5, 0.6) is 0 Å². The molecule has 3 rings (SSSR count). The topological polar surface area (TPSA) is 54.5 Å². The lowest BCUT2D eigenvalue weighted by Gasteiger charge is -1.97. The Morgan fingerprint density at radius 3 is 2.53 bits per heavy atom. The van der Waals surface area contributed by atoms with Gasteiger partial charge in [0.2, 0.25) is 0 Å². The Balaban J connectivity index is 2.22. The molecule has 3 aromatic rings. The standard InChI is InChI=1S/C11H8N4/c1-2-5-9-8(4-1)13-11(15-14-9)10-6-3-7-12-10/h1-7,12H. The molecule has 2 aromatic heterocycles. The third-order valence-electron chi connectivity index (χ3n) is 2.20. The van der Waals surface area contributed by atoms with Gasteiger partial charge in [-0.15, -0.1) is 10.2 Å². The summed E-state index contributed by atoms with van der Waals surface area (Å²) in [5.41, 5.74) is 2.55. The maximum atomic E-state index is 4.41. The molecule has 4 heteroatoms. The summed E-state index contributed by atoms with van der Waals surface area (Å²) in [5.74, 6) is 0.624. The number of nitrogens with one attached hydrogen (secondary N) is 1. The normalized spacial score (nSPS) is 10.7. The van der Waals surface area contributed by atoms with Gasteiger partial charge in [0.1, 0.15) is 5.52 Å². The van der Waals surface area contributed by atoms with Gasteiger partial charge >= 0.3 is 0 Å². The molecular formula is C11H8N4. The zero-order chi connectivity index (χ0) is 10.1. The van der Waals surface area contributed by atoms with E-state index in [1.165, 1.54) is 0 Å². The van der Waals surface area contributed by atoms with Gasteiger partial charge in [-0.1, -0.05) is 12.1 Å². The predicted molar refractivity (Wildman–Crippen MR) is 57.1 cm³/mol. The van der Waals surface area contributed by atoms with Crippen LogP contribution in [0.1, 0.15) is 0 Å². The molecule has 0 aliphatic rings. The van der Waals surface area contributed by atoms with Crippen LogP contribution in [0.25, 0.3) is 22.6 Å². The lowest BCUT2D eigenvalue weighted by atomic mass is 10.3. The van der Waals surface area contributed by atoms with Crippen molar-refractivity contribution in [3.8, 4) is 11.5 Å². The van der Waals surface area contributed by atoms with Gasteiger partial charge in [-0.3, -0.25) is 0 Å². The number of benzene rings is 1. The summed E-state index contributed by atoms with van der Waals surface area (Å²) in [7, 11) is 0. The van der Waals surface area contributed by atoms with E-state index < -0.39 is 0 Å². The highest BCUT2D eigenvalue weighted by atomic mass is 15.2. The molecular weight excluding hydrogens is 188 g/mol. The number of aromatic nitrogens is 4. The molecule has 0 radical (unpaired) electrons. The van der Waals surface area contributed by atoms with Crippen LogP contribution in [0, 0.1) is 0 Å². The molecule has 0 fully saturated rings. The Morgan fingerprint density at radius 2 is 1.73 bits per heavy atom. The van der Waals surface area contributed by atoms with E-state index in [1.807, 2.05) is 42.6 Å². The lowest BCUT2D eigenvalue weighted by Crippen LogP contribution is -1.93. The summed E-state index contributed by atoms with van der Waals surface area (Å²) in [6.45, 7) is 0. The molecule has 0 unspecified atom stereocenters. The Bertz CT molecular complexity index is 586. The van der Waals surface area contributed by atoms with Gasteiger partial charge in [0, 0.05) is 6.20 Å². The maximum absolute atomic E-state index is 4.41. The molecule has 0 spiro atoms. The molecule has 72 valence electrons. The molecule has 0 saturated heterocycles. The molecule has 0 amide bonds. The minimum Gasteiger partial charge on any atom is -0.359 e. The van der Waals surface area contributed by atoms with Gasteiger partial charge in [-0.05, 0) is 24.3 Å². The average molecular weight is 196 g/mol. The van der Waals surface area contributed by atoms with Gasteiger partial charge < -0.3 is 4.98 Å². The molecule has 0 bridgehead atoms. The first-order valence-electron chi connectivity index (χ1n) is 4.67. The molecule has 15 heavy (non-hydrogen) atoms. The first-order valence-corrected chi connectivity index (χ1v) is 4.67. The average Bonchev–Trinajstić information content (AvgIpc) is 2.82. The summed E-state index contributed by atoms with van der Waals surface area (Å²) in [6.07, 6.45) is 1.84. The predicted octanol–water partition coefficient (Wildman–Crippen LogP) is 2.02. The quantitative estimate of drug-likeness (QED) is 0.647. The number of aromatic amines is 1. The molecule has 0 atom stereocenters. The van der Waals surface area contributed by atoms with E-state index in [2.05, 4.69) is 20.2 Å². The maximum Gasteiger partial charge on any atom is 0.198 e. The summed E-state index contributed by atoms with van der Waals surface area (Å²) >= 11 is 0. The Morgan fingerprint density at radius 1 is 0.867 bits per heavy atom.